The first kappa shape index (κ1) is 17.4. The smallest absolute Gasteiger partial charge is 0.114 e. The van der Waals surface area contributed by atoms with E-state index >= 15 is 0 Å². The Morgan fingerprint density at radius 2 is 1.47 bits per heavy atom. The van der Waals surface area contributed by atoms with E-state index in [4.69, 9.17) is 4.84 Å². The molecule has 0 aliphatic rings. The molecule has 0 heterocycles. The summed E-state index contributed by atoms with van der Waals surface area (Å²) in [7, 11) is 0. The van der Waals surface area contributed by atoms with Gasteiger partial charge < -0.3 is 0 Å². The fourth-order valence-electron chi connectivity index (χ4n) is 1.82. The molecule has 1 unspecified atom stereocenters. The number of hydrogen-bond donors (Lipinski definition) is 0. The van der Waals surface area contributed by atoms with Gasteiger partial charge in [-0.1, -0.05) is 28.2 Å². The van der Waals surface area contributed by atoms with Gasteiger partial charge in [0, 0.05) is 0 Å². The van der Waals surface area contributed by atoms with Crippen molar-refractivity contribution >= 4 is 8.41 Å². The van der Waals surface area contributed by atoms with E-state index in [9.17, 15) is 0 Å². The Morgan fingerprint density at radius 1 is 1.00 bits per heavy atom. The lowest BCUT2D eigenvalue weighted by Crippen LogP contribution is -2.49. The molecule has 3 heteroatoms. The molecule has 0 saturated carbocycles. The van der Waals surface area contributed by atoms with E-state index < -0.39 is 0 Å². The van der Waals surface area contributed by atoms with Crippen LogP contribution in [0, 0.1) is 0 Å². The minimum Gasteiger partial charge on any atom is -0.200 e. The molecule has 0 radical (unpaired) electrons. The Morgan fingerprint density at radius 3 is 1.80 bits per heavy atom. The summed E-state index contributed by atoms with van der Waals surface area (Å²) in [5.74, 6) is 0. The summed E-state index contributed by atoms with van der Waals surface area (Å²) in [4.78, 5) is 6.13. The Labute approximate surface area is 98.1 Å². The van der Waals surface area contributed by atoms with Gasteiger partial charge in [-0.05, 0) is 34.1 Å². The van der Waals surface area contributed by atoms with Crippen molar-refractivity contribution in [2.75, 3.05) is 19.6 Å². The van der Waals surface area contributed by atoms with Gasteiger partial charge in [0.1, 0.15) is 25.7 Å². The van der Waals surface area contributed by atoms with E-state index in [1.165, 1.54) is 19.3 Å². The predicted octanol–water partition coefficient (Wildman–Crippen LogP) is 1.92. The number of hydrogen-bond acceptors (Lipinski definition) is 1. The normalized spacial score (nSPS) is 13.4. The standard InChI is InChI=1S/C12H28NO.BH4/c1-6-10-11-12(5)14-13(7-2,8-3)9-4;/h12H,6-11H2,1-5H3;1H4/q+1;-1. The van der Waals surface area contributed by atoms with E-state index in [0.717, 1.165) is 24.3 Å². The van der Waals surface area contributed by atoms with Crippen LogP contribution in [0.4, 0.5) is 0 Å². The topological polar surface area (TPSA) is 9.23 Å². The first-order chi connectivity index (χ1) is 6.64. The number of hydroxylamine groups is 3. The molecular formula is C12H32BNO. The maximum absolute atomic E-state index is 6.13. The molecule has 0 aliphatic heterocycles. The quantitative estimate of drug-likeness (QED) is 0.343. The van der Waals surface area contributed by atoms with Crippen molar-refractivity contribution in [3.63, 3.8) is 0 Å². The zero-order chi connectivity index (χ0) is 11.0. The minimum absolute atomic E-state index is 0. The Kier molecular flexibility index (Phi) is 10.7. The first-order valence-corrected chi connectivity index (χ1v) is 6.18. The van der Waals surface area contributed by atoms with Gasteiger partial charge in [0.05, 0.1) is 0 Å². The summed E-state index contributed by atoms with van der Waals surface area (Å²) in [5, 5.41) is 0. The molecule has 0 aromatic carbocycles. The van der Waals surface area contributed by atoms with E-state index in [1.54, 1.807) is 0 Å². The Bertz CT molecular complexity index is 129. The summed E-state index contributed by atoms with van der Waals surface area (Å²) in [6.45, 7) is 14.3. The van der Waals surface area contributed by atoms with Crippen LogP contribution >= 0.6 is 0 Å². The van der Waals surface area contributed by atoms with Crippen LogP contribution in [0.1, 0.15) is 53.9 Å². The van der Waals surface area contributed by atoms with Crippen LogP contribution < -0.4 is 0 Å². The average Bonchev–Trinajstić information content (AvgIpc) is 2.23. The molecule has 94 valence electrons. The van der Waals surface area contributed by atoms with Gasteiger partial charge >= 0.3 is 0 Å². The SMILES string of the molecule is CCCCC(C)O[N+](CC)(CC)CC.[BH4-]. The van der Waals surface area contributed by atoms with Gasteiger partial charge in [0.25, 0.3) is 0 Å². The fourth-order valence-corrected chi connectivity index (χ4v) is 1.82. The highest BCUT2D eigenvalue weighted by atomic mass is 16.7. The largest absolute Gasteiger partial charge is 0.200 e. The monoisotopic (exact) mass is 217 g/mol. The molecule has 0 bridgehead atoms. The lowest BCUT2D eigenvalue weighted by molar-refractivity contribution is -1.11. The molecule has 0 aromatic heterocycles. The van der Waals surface area contributed by atoms with Crippen molar-refractivity contribution < 1.29 is 9.48 Å². The molecule has 0 fully saturated rings. The molecule has 15 heavy (non-hydrogen) atoms. The van der Waals surface area contributed by atoms with Crippen LogP contribution in [-0.4, -0.2) is 38.8 Å². The second kappa shape index (κ2) is 9.23. The Hall–Kier alpha value is -0.0151. The third-order valence-electron chi connectivity index (χ3n) is 3.10. The molecule has 0 aromatic rings. The number of unbranched alkanes of at least 4 members (excludes halogenated alkanes) is 1. The van der Waals surface area contributed by atoms with Crippen LogP contribution in [-0.2, 0) is 4.84 Å². The van der Waals surface area contributed by atoms with Crippen molar-refractivity contribution in [3.05, 3.63) is 0 Å². The van der Waals surface area contributed by atoms with E-state index in [-0.39, 0.29) is 8.41 Å². The summed E-state index contributed by atoms with van der Waals surface area (Å²) in [6, 6.07) is 0. The highest BCUT2D eigenvalue weighted by Gasteiger charge is 2.25. The molecule has 0 amide bonds. The highest BCUT2D eigenvalue weighted by molar-refractivity contribution is 5.75. The van der Waals surface area contributed by atoms with Gasteiger partial charge in [-0.3, -0.25) is 0 Å². The molecule has 0 N–H and O–H groups in total. The van der Waals surface area contributed by atoms with Gasteiger partial charge in [-0.2, -0.15) is 9.48 Å². The van der Waals surface area contributed by atoms with Crippen LogP contribution in [0.3, 0.4) is 0 Å². The van der Waals surface area contributed by atoms with E-state index in [0.29, 0.717) is 6.10 Å². The van der Waals surface area contributed by atoms with Crippen LogP contribution in [0.15, 0.2) is 0 Å². The summed E-state index contributed by atoms with van der Waals surface area (Å²) >= 11 is 0. The lowest BCUT2D eigenvalue weighted by atomic mass is 10.2. The molecule has 0 spiro atoms. The second-order valence-electron chi connectivity index (χ2n) is 4.07. The van der Waals surface area contributed by atoms with Gasteiger partial charge in [0.2, 0.25) is 0 Å². The maximum atomic E-state index is 6.13. The van der Waals surface area contributed by atoms with Gasteiger partial charge in [-0.15, -0.1) is 0 Å². The van der Waals surface area contributed by atoms with Crippen molar-refractivity contribution in [3.8, 4) is 0 Å². The van der Waals surface area contributed by atoms with Crippen LogP contribution in [0.25, 0.3) is 0 Å². The molecule has 0 aliphatic carbocycles. The molecule has 1 atom stereocenters. The highest BCUT2D eigenvalue weighted by Crippen LogP contribution is 2.14. The van der Waals surface area contributed by atoms with Gasteiger partial charge in [-0.25, -0.2) is 0 Å². The zero-order valence-corrected chi connectivity index (χ0v) is 10.7. The fraction of sp³-hybridized carbons (Fsp3) is 1.00. The molecular weight excluding hydrogens is 185 g/mol. The number of rotatable bonds is 8. The lowest BCUT2D eigenvalue weighted by Gasteiger charge is -2.35. The van der Waals surface area contributed by atoms with Crippen molar-refractivity contribution in [2.24, 2.45) is 0 Å². The summed E-state index contributed by atoms with van der Waals surface area (Å²) < 4.78 is 0.810. The van der Waals surface area contributed by atoms with Crippen molar-refractivity contribution in [1.29, 1.82) is 0 Å². The summed E-state index contributed by atoms with van der Waals surface area (Å²) in [6.07, 6.45) is 4.13. The first-order valence-electron chi connectivity index (χ1n) is 6.18. The van der Waals surface area contributed by atoms with E-state index in [1.807, 2.05) is 0 Å². The number of quaternary nitrogens is 1. The van der Waals surface area contributed by atoms with Crippen molar-refractivity contribution in [2.45, 2.75) is 60.0 Å². The third-order valence-corrected chi connectivity index (χ3v) is 3.10. The minimum atomic E-state index is 0. The average molecular weight is 217 g/mol. The predicted molar refractivity (Wildman–Crippen MR) is 73.3 cm³/mol. The third kappa shape index (κ3) is 6.21. The summed E-state index contributed by atoms with van der Waals surface area (Å²) in [5.41, 5.74) is 0. The van der Waals surface area contributed by atoms with Crippen molar-refractivity contribution in [1.82, 2.24) is 0 Å². The molecule has 2 nitrogen and oxygen atoms in total. The zero-order valence-electron chi connectivity index (χ0n) is 10.7. The number of nitrogens with zero attached hydrogens (tertiary/aromatic N) is 1. The Balaban J connectivity index is 0. The van der Waals surface area contributed by atoms with E-state index in [2.05, 4.69) is 34.6 Å². The van der Waals surface area contributed by atoms with Crippen LogP contribution in [0.2, 0.25) is 0 Å². The van der Waals surface area contributed by atoms with Gasteiger partial charge in [0.15, 0.2) is 0 Å². The maximum Gasteiger partial charge on any atom is 0.114 e. The molecule has 0 rings (SSSR count). The second-order valence-corrected chi connectivity index (χ2v) is 4.07. The van der Waals surface area contributed by atoms with Crippen LogP contribution in [0.5, 0.6) is 0 Å². The molecule has 0 saturated heterocycles.